The molecule has 2 aliphatic rings. The molecule has 0 unspecified atom stereocenters. The molecule has 1 saturated carbocycles. The molecule has 1 aliphatic carbocycles. The predicted molar refractivity (Wildman–Crippen MR) is 107 cm³/mol. The number of allylic oxidation sites excluding steroid dienone is 3. The number of nitrogens with zero attached hydrogens (tertiary/aromatic N) is 2. The second kappa shape index (κ2) is 12.8. The van der Waals surface area contributed by atoms with Crippen LogP contribution in [0.3, 0.4) is 0 Å². The number of hydrogen-bond acceptors (Lipinski definition) is 3. The first kappa shape index (κ1) is 22.4. The minimum atomic E-state index is 0.689. The Morgan fingerprint density at radius 2 is 1.67 bits per heavy atom. The fraction of sp³-hybridized carbons (Fsp3) is 0.524. The highest BCUT2D eigenvalue weighted by molar-refractivity contribution is 5.26. The molecule has 0 aromatic rings. The highest BCUT2D eigenvalue weighted by Gasteiger charge is 2.29. The van der Waals surface area contributed by atoms with Crippen molar-refractivity contribution in [3.8, 4) is 0 Å². The molecule has 0 atom stereocenters. The molecular weight excluding hydrogens is 296 g/mol. The van der Waals surface area contributed by atoms with E-state index in [1.54, 1.807) is 0 Å². The van der Waals surface area contributed by atoms with Crippen molar-refractivity contribution < 1.29 is 4.74 Å². The van der Waals surface area contributed by atoms with Crippen molar-refractivity contribution in [1.29, 1.82) is 0 Å². The summed E-state index contributed by atoms with van der Waals surface area (Å²) in [6.45, 7) is 30.5. The molecular formula is C21H36N2O. The first-order valence-electron chi connectivity index (χ1n) is 8.70. The Morgan fingerprint density at radius 3 is 2.08 bits per heavy atom. The van der Waals surface area contributed by atoms with Gasteiger partial charge in [0, 0.05) is 37.6 Å². The maximum Gasteiger partial charge on any atom is 0.0594 e. The summed E-state index contributed by atoms with van der Waals surface area (Å²) < 4.78 is 5.41. The standard InChI is InChI=1S/C17H28N2O.2C2H4/c1-5-17(14(2)3)19(15(4)16-6-7-16)9-8-18-10-12-20-13-11-18;2*1-2/h5,16H,1,4,6-13H2,2-3H3;2*1-2H2. The summed E-state index contributed by atoms with van der Waals surface area (Å²) in [5.41, 5.74) is 3.81. The molecule has 3 heteroatoms. The fourth-order valence-electron chi connectivity index (χ4n) is 2.71. The van der Waals surface area contributed by atoms with Gasteiger partial charge < -0.3 is 9.64 Å². The topological polar surface area (TPSA) is 15.7 Å². The van der Waals surface area contributed by atoms with Gasteiger partial charge in [0.1, 0.15) is 0 Å². The molecule has 0 bridgehead atoms. The summed E-state index contributed by atoms with van der Waals surface area (Å²) in [5.74, 6) is 0.689. The molecule has 2 fully saturated rings. The second-order valence-corrected chi connectivity index (χ2v) is 5.96. The largest absolute Gasteiger partial charge is 0.379 e. The molecule has 2 rings (SSSR count). The van der Waals surface area contributed by atoms with Crippen LogP contribution in [0.2, 0.25) is 0 Å². The van der Waals surface area contributed by atoms with E-state index in [2.05, 4.69) is 63.1 Å². The van der Waals surface area contributed by atoms with E-state index >= 15 is 0 Å². The zero-order chi connectivity index (χ0) is 18.5. The summed E-state index contributed by atoms with van der Waals surface area (Å²) in [6, 6.07) is 0. The lowest BCUT2D eigenvalue weighted by atomic mass is 10.1. The van der Waals surface area contributed by atoms with Gasteiger partial charge in [-0.2, -0.15) is 0 Å². The van der Waals surface area contributed by atoms with Crippen molar-refractivity contribution in [1.82, 2.24) is 9.80 Å². The Bertz CT molecular complexity index is 412. The summed E-state index contributed by atoms with van der Waals surface area (Å²) in [5, 5.41) is 0. The van der Waals surface area contributed by atoms with Crippen molar-refractivity contribution in [2.75, 3.05) is 39.4 Å². The molecule has 0 amide bonds. The van der Waals surface area contributed by atoms with E-state index in [4.69, 9.17) is 4.74 Å². The summed E-state index contributed by atoms with van der Waals surface area (Å²) in [7, 11) is 0. The average molecular weight is 333 g/mol. The number of morpholine rings is 1. The van der Waals surface area contributed by atoms with Gasteiger partial charge >= 0.3 is 0 Å². The van der Waals surface area contributed by atoms with Crippen molar-refractivity contribution in [3.05, 3.63) is 62.5 Å². The van der Waals surface area contributed by atoms with Gasteiger partial charge in [0.2, 0.25) is 0 Å². The van der Waals surface area contributed by atoms with Crippen LogP contribution in [-0.4, -0.2) is 49.2 Å². The Balaban J connectivity index is 0.00000123. The molecule has 1 saturated heterocycles. The van der Waals surface area contributed by atoms with E-state index in [0.29, 0.717) is 5.92 Å². The van der Waals surface area contributed by atoms with Crippen LogP contribution in [0.5, 0.6) is 0 Å². The van der Waals surface area contributed by atoms with Gasteiger partial charge in [-0.25, -0.2) is 0 Å². The minimum Gasteiger partial charge on any atom is -0.379 e. The van der Waals surface area contributed by atoms with Crippen molar-refractivity contribution >= 4 is 0 Å². The van der Waals surface area contributed by atoms with Gasteiger partial charge in [0.05, 0.1) is 13.2 Å². The van der Waals surface area contributed by atoms with Crippen LogP contribution < -0.4 is 0 Å². The van der Waals surface area contributed by atoms with Crippen LogP contribution in [0.4, 0.5) is 0 Å². The normalized spacial score (nSPS) is 16.6. The highest BCUT2D eigenvalue weighted by Crippen LogP contribution is 2.38. The quantitative estimate of drug-likeness (QED) is 0.499. The summed E-state index contributed by atoms with van der Waals surface area (Å²) >= 11 is 0. The van der Waals surface area contributed by atoms with Crippen molar-refractivity contribution in [2.24, 2.45) is 5.92 Å². The molecule has 3 nitrogen and oxygen atoms in total. The van der Waals surface area contributed by atoms with E-state index in [1.807, 2.05) is 6.08 Å². The minimum absolute atomic E-state index is 0.689. The van der Waals surface area contributed by atoms with Crippen molar-refractivity contribution in [3.63, 3.8) is 0 Å². The lowest BCUT2D eigenvalue weighted by Crippen LogP contribution is -2.41. The molecule has 1 heterocycles. The van der Waals surface area contributed by atoms with Gasteiger partial charge in [0.15, 0.2) is 0 Å². The average Bonchev–Trinajstić information content (AvgIpc) is 3.47. The highest BCUT2D eigenvalue weighted by atomic mass is 16.5. The lowest BCUT2D eigenvalue weighted by molar-refractivity contribution is 0.0358. The Kier molecular flexibility index (Phi) is 12.0. The van der Waals surface area contributed by atoms with E-state index in [-0.39, 0.29) is 0 Å². The van der Waals surface area contributed by atoms with E-state index in [9.17, 15) is 0 Å². The summed E-state index contributed by atoms with van der Waals surface area (Å²) in [6.07, 6.45) is 4.56. The fourth-order valence-corrected chi connectivity index (χ4v) is 2.71. The number of ether oxygens (including phenoxy) is 1. The van der Waals surface area contributed by atoms with Gasteiger partial charge in [0.25, 0.3) is 0 Å². The van der Waals surface area contributed by atoms with E-state index < -0.39 is 0 Å². The molecule has 1 aliphatic heterocycles. The molecule has 0 aromatic carbocycles. The van der Waals surface area contributed by atoms with Crippen LogP contribution in [0.1, 0.15) is 26.7 Å². The van der Waals surface area contributed by atoms with Gasteiger partial charge in [-0.05, 0) is 38.7 Å². The third-order valence-corrected chi connectivity index (χ3v) is 4.14. The predicted octanol–water partition coefficient (Wildman–Crippen LogP) is 4.63. The van der Waals surface area contributed by atoms with Crippen LogP contribution in [-0.2, 0) is 4.74 Å². The lowest BCUT2D eigenvalue weighted by Gasteiger charge is -2.33. The Labute approximate surface area is 149 Å². The zero-order valence-electron chi connectivity index (χ0n) is 15.9. The van der Waals surface area contributed by atoms with Crippen LogP contribution in [0, 0.1) is 5.92 Å². The van der Waals surface area contributed by atoms with Crippen LogP contribution in [0.25, 0.3) is 0 Å². The molecule has 0 N–H and O–H groups in total. The molecule has 136 valence electrons. The number of hydrogen-bond donors (Lipinski definition) is 0. The maximum absolute atomic E-state index is 5.41. The monoisotopic (exact) mass is 332 g/mol. The molecule has 0 spiro atoms. The van der Waals surface area contributed by atoms with Crippen LogP contribution in [0.15, 0.2) is 62.5 Å². The van der Waals surface area contributed by atoms with E-state index in [0.717, 1.165) is 39.4 Å². The third-order valence-electron chi connectivity index (χ3n) is 4.14. The maximum atomic E-state index is 5.41. The second-order valence-electron chi connectivity index (χ2n) is 5.96. The van der Waals surface area contributed by atoms with Gasteiger partial charge in [-0.15, -0.1) is 26.3 Å². The molecule has 0 aromatic heterocycles. The summed E-state index contributed by atoms with van der Waals surface area (Å²) in [4.78, 5) is 4.86. The SMILES string of the molecule is C=C.C=C.C=CC(=C(C)C)N(CCN1CCOCC1)C(=C)C1CC1. The van der Waals surface area contributed by atoms with Gasteiger partial charge in [-0.3, -0.25) is 4.90 Å². The van der Waals surface area contributed by atoms with E-state index in [1.165, 1.54) is 29.8 Å². The molecule has 0 radical (unpaired) electrons. The smallest absolute Gasteiger partial charge is 0.0594 e. The molecule has 24 heavy (non-hydrogen) atoms. The first-order valence-corrected chi connectivity index (χ1v) is 8.70. The third kappa shape index (κ3) is 7.33. The van der Waals surface area contributed by atoms with Gasteiger partial charge in [-0.1, -0.05) is 18.7 Å². The van der Waals surface area contributed by atoms with Crippen molar-refractivity contribution in [2.45, 2.75) is 26.7 Å². The Hall–Kier alpha value is -1.58. The zero-order valence-corrected chi connectivity index (χ0v) is 15.9. The number of rotatable bonds is 7. The van der Waals surface area contributed by atoms with Crippen LogP contribution >= 0.6 is 0 Å². The first-order chi connectivity index (χ1) is 11.6. The Morgan fingerprint density at radius 1 is 1.12 bits per heavy atom.